The third kappa shape index (κ3) is 26.8. The first-order valence-corrected chi connectivity index (χ1v) is 44.6. The molecule has 9 amide bonds. The molecule has 5 heterocycles. The number of aliphatic hydroxyl groups is 5. The van der Waals surface area contributed by atoms with E-state index < -0.39 is 152 Å². The topological polar surface area (TPSA) is 466 Å². The van der Waals surface area contributed by atoms with Crippen LogP contribution in [0.15, 0.2) is 91.1 Å². The van der Waals surface area contributed by atoms with Crippen LogP contribution in [0.3, 0.4) is 0 Å². The van der Waals surface area contributed by atoms with Crippen molar-refractivity contribution >= 4 is 93.2 Å². The SMILES string of the molecule is CC[C@H](C)[C@@H]([C@@H](CC(=O)N1CCC[C@H]1C[C@@H](C)C(=O)N[C@H](C)[C@@H](O)c1ccccc1)OC)N(C)C(=O)[C@@H](NC(=O)[C@H](C(C)C)N(C)C(=O)OCc1ccc(NC(=O)[C@H](C)NC(=O)[C@@H](NC(=O)CCOCCC(=O)NCCNc2ncc(-c3cc(C)cc(F)c3)c(N3CCC(N)CC3)c2-c2nc3ccc(Cl)cc3[nH]2)C(C)C)c(O[C@@H]2O[C@H](CO)[C@@H](O)[C@H](O)[C@H]2O)c1)C(C)C. The van der Waals surface area contributed by atoms with Crippen LogP contribution < -0.4 is 52.6 Å². The zero-order valence-corrected chi connectivity index (χ0v) is 76.7. The van der Waals surface area contributed by atoms with Gasteiger partial charge in [-0.2, -0.15) is 0 Å². The lowest BCUT2D eigenvalue weighted by atomic mass is 9.89. The summed E-state index contributed by atoms with van der Waals surface area (Å²) in [5.74, 6) is -5.91. The monoisotopic (exact) mass is 1800 g/mol. The highest BCUT2D eigenvalue weighted by molar-refractivity contribution is 6.31. The molecule has 4 aromatic carbocycles. The molecule has 0 unspecified atom stereocenters. The highest BCUT2D eigenvalue weighted by Gasteiger charge is 2.46. The number of halogens is 2. The van der Waals surface area contributed by atoms with E-state index >= 15 is 4.39 Å². The molecule has 3 saturated heterocycles. The van der Waals surface area contributed by atoms with Crippen LogP contribution in [0.25, 0.3) is 33.5 Å². The molecule has 3 fully saturated rings. The number of nitrogens with zero attached hydrogens (tertiary/aromatic N) is 6. The molecular formula is C92H131ClFN15O19. The van der Waals surface area contributed by atoms with Gasteiger partial charge in [0, 0.05) is 102 Å². The van der Waals surface area contributed by atoms with Crippen LogP contribution in [0, 0.1) is 42.3 Å². The molecule has 16 atom stereocenters. The van der Waals surface area contributed by atoms with Crippen LogP contribution in [0.4, 0.5) is 26.4 Å². The van der Waals surface area contributed by atoms with Crippen LogP contribution in [-0.4, -0.2) is 267 Å². The largest absolute Gasteiger partial charge is 0.460 e. The number of methoxy groups -OCH3 is 1. The number of benzene rings is 4. The smallest absolute Gasteiger partial charge is 0.410 e. The maximum Gasteiger partial charge on any atom is 0.410 e. The summed E-state index contributed by atoms with van der Waals surface area (Å²) in [6, 6.07) is 17.1. The standard InChI is InChI=1S/C92H131ClFN15O19/c1-16-53(9)78(69(124-15)45-73(113)109-34-20-23-63(109)41-54(10)86(118)99-55(11)80(114)58-21-18-17-19-22-58)106(13)90(122)76(50(4)5)105-89(121)77(51(6)7)107(14)92(123)126-48-57-24-26-66(68(42-57)127-91-83(117)82(116)81(115)70(47-110)128-91)103-87(119)56(12)100-88(120)75(49(2)3)104-72(112)31-38-125-37-30-71(111)96-32-33-97-84-74(85-101-65-27-25-60(93)44-67(65)102-85)79(108-35-28-62(95)29-36-108)64(46-98-84)59-39-52(8)40-61(94)43-59/h17-19,21-22,24-27,39-40,42-44,46,49-51,53-56,62-63,69-70,75-78,80-83,91,110,114-117H,16,20,23,28-38,41,45,47-48,95H2,1-15H3,(H,96,111)(H,97,98)(H,99,118)(H,100,120)(H,101,102)(H,103,119)(H,104,112)(H,105,121)/t53-,54+,55+,56-,63-,69+,70+,75-,76-,77-,78-,80+,81+,82-,83+,91+/m0/s1. The summed E-state index contributed by atoms with van der Waals surface area (Å²) >= 11 is 6.40. The van der Waals surface area contributed by atoms with E-state index in [1.54, 1.807) is 97.8 Å². The van der Waals surface area contributed by atoms with Crippen molar-refractivity contribution in [3.63, 3.8) is 0 Å². The van der Waals surface area contributed by atoms with Crippen LogP contribution in [0.5, 0.6) is 5.75 Å². The number of fused-ring (bicyclic) bond motifs is 1. The van der Waals surface area contributed by atoms with Gasteiger partial charge in [0.05, 0.1) is 78.5 Å². The van der Waals surface area contributed by atoms with Gasteiger partial charge in [0.1, 0.15) is 78.4 Å². The summed E-state index contributed by atoms with van der Waals surface area (Å²) < 4.78 is 44.4. The number of likely N-dealkylation sites (N-methyl/N-ethyl adjacent to an activating group) is 2. The zero-order chi connectivity index (χ0) is 93.7. The molecule has 0 radical (unpaired) electrons. The second kappa shape index (κ2) is 47.4. The number of rotatable bonds is 43. The number of pyridine rings is 1. The number of nitrogens with one attached hydrogen (secondary N) is 8. The van der Waals surface area contributed by atoms with Gasteiger partial charge in [-0.25, -0.2) is 19.2 Å². The van der Waals surface area contributed by atoms with Crippen molar-refractivity contribution in [2.45, 2.75) is 239 Å². The fourth-order valence-electron chi connectivity index (χ4n) is 16.5. The molecule has 9 rings (SSSR count). The Morgan fingerprint density at radius 1 is 0.758 bits per heavy atom. The Labute approximate surface area is 752 Å². The molecule has 34 nitrogen and oxygen atoms in total. The molecule has 3 aliphatic rings. The summed E-state index contributed by atoms with van der Waals surface area (Å²) in [6.45, 7) is 21.7. The fourth-order valence-corrected chi connectivity index (χ4v) is 16.7. The molecule has 3 aliphatic heterocycles. The number of aliphatic hydroxyl groups excluding tert-OH is 5. The number of amides is 9. The lowest BCUT2D eigenvalue weighted by Gasteiger charge is -2.40. The first-order valence-electron chi connectivity index (χ1n) is 44.2. The van der Waals surface area contributed by atoms with E-state index in [0.29, 0.717) is 88.8 Å². The number of likely N-dealkylation sites (tertiary alicyclic amines) is 1. The normalized spacial score (nSPS) is 19.6. The Morgan fingerprint density at radius 3 is 2.11 bits per heavy atom. The van der Waals surface area contributed by atoms with Crippen molar-refractivity contribution in [3.8, 4) is 28.3 Å². The summed E-state index contributed by atoms with van der Waals surface area (Å²) in [7, 11) is 4.46. The Balaban J connectivity index is 0.771. The van der Waals surface area contributed by atoms with Gasteiger partial charge in [-0.15, -0.1) is 0 Å². The molecule has 702 valence electrons. The minimum atomic E-state index is -1.92. The zero-order valence-electron chi connectivity index (χ0n) is 75.9. The average Bonchev–Trinajstić information content (AvgIpc) is 1.51. The van der Waals surface area contributed by atoms with Gasteiger partial charge in [0.15, 0.2) is 0 Å². The van der Waals surface area contributed by atoms with Crippen molar-refractivity contribution in [1.82, 2.24) is 56.2 Å². The summed E-state index contributed by atoms with van der Waals surface area (Å²) in [5, 5.41) is 74.1. The summed E-state index contributed by atoms with van der Waals surface area (Å²) in [5.41, 5.74) is 12.0. The van der Waals surface area contributed by atoms with Gasteiger partial charge in [-0.3, -0.25) is 43.3 Å². The maximum atomic E-state index is 15.1. The first kappa shape index (κ1) is 102. The number of aromatic nitrogens is 3. The minimum Gasteiger partial charge on any atom is -0.460 e. The summed E-state index contributed by atoms with van der Waals surface area (Å²) in [4.78, 5) is 146. The number of anilines is 3. The highest BCUT2D eigenvalue weighted by atomic mass is 35.5. The van der Waals surface area contributed by atoms with Gasteiger partial charge in [0.25, 0.3) is 0 Å². The average molecular weight is 1810 g/mol. The van der Waals surface area contributed by atoms with Crippen LogP contribution >= 0.6 is 11.6 Å². The number of hydrogen-bond acceptors (Lipinski definition) is 24. The van der Waals surface area contributed by atoms with Gasteiger partial charge >= 0.3 is 6.09 Å². The van der Waals surface area contributed by atoms with E-state index in [0.717, 1.165) is 35.4 Å². The predicted molar refractivity (Wildman–Crippen MR) is 482 cm³/mol. The molecular weight excluding hydrogens is 1670 g/mol. The Kier molecular flexibility index (Phi) is 37.6. The first-order chi connectivity index (χ1) is 60.8. The van der Waals surface area contributed by atoms with Gasteiger partial charge < -0.3 is 112 Å². The number of piperidine rings is 1. The fraction of sp³-hybridized carbons (Fsp3) is 0.576. The molecule has 128 heavy (non-hydrogen) atoms. The molecule has 15 N–H and O–H groups in total. The van der Waals surface area contributed by atoms with E-state index in [1.165, 1.54) is 56.3 Å². The van der Waals surface area contributed by atoms with E-state index in [1.807, 2.05) is 51.1 Å². The molecule has 36 heteroatoms. The molecule has 0 aliphatic carbocycles. The predicted octanol–water partition coefficient (Wildman–Crippen LogP) is 7.38. The number of H-pyrrole nitrogens is 1. The van der Waals surface area contributed by atoms with Crippen molar-refractivity contribution in [3.05, 3.63) is 119 Å². The second-order valence-electron chi connectivity index (χ2n) is 34.9. The number of aromatic amines is 1. The number of carbonyl (C=O) groups excluding carboxylic acids is 9. The highest BCUT2D eigenvalue weighted by Crippen LogP contribution is 2.45. The van der Waals surface area contributed by atoms with Gasteiger partial charge in [0.2, 0.25) is 53.5 Å². The van der Waals surface area contributed by atoms with Gasteiger partial charge in [-0.05, 0) is 141 Å². The lowest BCUT2D eigenvalue weighted by molar-refractivity contribution is -0.277. The Bertz CT molecular complexity index is 4730. The lowest BCUT2D eigenvalue weighted by Crippen LogP contribution is -2.60. The van der Waals surface area contributed by atoms with Crippen molar-refractivity contribution in [2.24, 2.45) is 35.3 Å². The number of carbonyl (C=O) groups is 9. The van der Waals surface area contributed by atoms with Crippen molar-refractivity contribution in [2.75, 3.05) is 89.3 Å². The van der Waals surface area contributed by atoms with E-state index in [4.69, 9.17) is 51.0 Å². The van der Waals surface area contributed by atoms with Gasteiger partial charge in [-0.1, -0.05) is 123 Å². The van der Waals surface area contributed by atoms with Crippen molar-refractivity contribution < 1.29 is 96.8 Å². The molecule has 0 bridgehead atoms. The number of ether oxygens (including phenoxy) is 5. The van der Waals surface area contributed by atoms with Crippen LogP contribution in [0.1, 0.15) is 157 Å². The minimum absolute atomic E-state index is 0.0184. The molecule has 2 aromatic heterocycles. The Morgan fingerprint density at radius 2 is 1.45 bits per heavy atom. The number of imidazole rings is 1. The maximum absolute atomic E-state index is 15.1. The number of hydrogen-bond donors (Lipinski definition) is 14. The quantitative estimate of drug-likeness (QED) is 0.0166. The molecule has 6 aromatic rings. The molecule has 0 spiro atoms. The second-order valence-corrected chi connectivity index (χ2v) is 35.4. The number of nitrogens with two attached hydrogens (primary N) is 1. The van der Waals surface area contributed by atoms with E-state index in [9.17, 15) is 68.7 Å². The van der Waals surface area contributed by atoms with Crippen LogP contribution in [0.2, 0.25) is 5.02 Å². The van der Waals surface area contributed by atoms with E-state index in [-0.39, 0.29) is 104 Å². The third-order valence-corrected chi connectivity index (χ3v) is 24.3. The van der Waals surface area contributed by atoms with E-state index in [2.05, 4.69) is 47.1 Å². The van der Waals surface area contributed by atoms with Crippen LogP contribution in [-0.2, 0) is 63.9 Å². The number of aryl methyl sites for hydroxylation is 1. The third-order valence-electron chi connectivity index (χ3n) is 24.1. The van der Waals surface area contributed by atoms with Crippen molar-refractivity contribution in [1.29, 1.82) is 0 Å². The Hall–Kier alpha value is -10.2. The summed E-state index contributed by atoms with van der Waals surface area (Å²) in [6.07, 6.45) is -6.20. The molecule has 0 saturated carbocycles.